The van der Waals surface area contributed by atoms with Crippen LogP contribution in [-0.2, 0) is 0 Å². The largest absolute Gasteiger partial charge is 0.371 e. The van der Waals surface area contributed by atoms with Gasteiger partial charge >= 0.3 is 0 Å². The van der Waals surface area contributed by atoms with Crippen molar-refractivity contribution in [2.45, 2.75) is 6.92 Å². The second kappa shape index (κ2) is 4.24. The van der Waals surface area contributed by atoms with Crippen LogP contribution in [0.2, 0.25) is 0 Å². The van der Waals surface area contributed by atoms with Gasteiger partial charge in [-0.3, -0.25) is 0 Å². The third kappa shape index (κ3) is 2.15. The van der Waals surface area contributed by atoms with E-state index in [-0.39, 0.29) is 0 Å². The molecule has 0 amide bonds. The normalized spacial score (nSPS) is 10.3. The van der Waals surface area contributed by atoms with Gasteiger partial charge in [-0.15, -0.1) is 21.5 Å². The number of anilines is 1. The molecule has 15 heavy (non-hydrogen) atoms. The van der Waals surface area contributed by atoms with Crippen LogP contribution in [0.4, 0.5) is 5.82 Å². The summed E-state index contributed by atoms with van der Waals surface area (Å²) in [6, 6.07) is 3.98. The van der Waals surface area contributed by atoms with Gasteiger partial charge in [-0.1, -0.05) is 0 Å². The standard InChI is InChI=1S/C9H9BrN4S/c1-5-12-9(11-2)8(14-13-5)6-3-4-7(10)15-6/h3-4H,1-2H3,(H,11,12,13). The number of nitrogens with one attached hydrogen (secondary N) is 1. The molecule has 0 aliphatic rings. The molecule has 0 radical (unpaired) electrons. The molecule has 0 saturated heterocycles. The fourth-order valence-corrected chi connectivity index (χ4v) is 2.56. The zero-order valence-corrected chi connectivity index (χ0v) is 10.7. The van der Waals surface area contributed by atoms with Crippen LogP contribution in [0.1, 0.15) is 5.82 Å². The van der Waals surface area contributed by atoms with Crippen molar-refractivity contribution in [1.82, 2.24) is 15.2 Å². The first-order chi connectivity index (χ1) is 7.20. The first kappa shape index (κ1) is 10.5. The Labute approximate surface area is 99.9 Å². The van der Waals surface area contributed by atoms with Crippen LogP contribution in [0.3, 0.4) is 0 Å². The molecule has 78 valence electrons. The summed E-state index contributed by atoms with van der Waals surface area (Å²) in [6.07, 6.45) is 0. The Hall–Kier alpha value is -1.01. The van der Waals surface area contributed by atoms with Gasteiger partial charge < -0.3 is 5.32 Å². The molecule has 0 saturated carbocycles. The number of halogens is 1. The first-order valence-corrected chi connectivity index (χ1v) is 5.96. The van der Waals surface area contributed by atoms with Gasteiger partial charge in [0.2, 0.25) is 0 Å². The highest BCUT2D eigenvalue weighted by Gasteiger charge is 2.10. The molecular weight excluding hydrogens is 276 g/mol. The maximum atomic E-state index is 4.28. The molecule has 0 aliphatic carbocycles. The van der Waals surface area contributed by atoms with Gasteiger partial charge in [0.15, 0.2) is 5.82 Å². The number of rotatable bonds is 2. The molecular formula is C9H9BrN4S. The number of aromatic nitrogens is 3. The third-order valence-corrected chi connectivity index (χ3v) is 3.47. The molecule has 2 rings (SSSR count). The Balaban J connectivity index is 2.52. The molecule has 0 fully saturated rings. The van der Waals surface area contributed by atoms with Crippen molar-refractivity contribution in [3.63, 3.8) is 0 Å². The fourth-order valence-electron chi connectivity index (χ4n) is 1.19. The van der Waals surface area contributed by atoms with E-state index in [1.165, 1.54) is 0 Å². The van der Waals surface area contributed by atoms with E-state index in [2.05, 4.69) is 36.4 Å². The predicted molar refractivity (Wildman–Crippen MR) is 65.1 cm³/mol. The highest BCUT2D eigenvalue weighted by Crippen LogP contribution is 2.32. The van der Waals surface area contributed by atoms with Gasteiger partial charge in [-0.2, -0.15) is 0 Å². The predicted octanol–water partition coefficient (Wildman–Crippen LogP) is 2.71. The monoisotopic (exact) mass is 284 g/mol. The molecule has 6 heteroatoms. The molecule has 4 nitrogen and oxygen atoms in total. The van der Waals surface area contributed by atoms with E-state index >= 15 is 0 Å². The number of thiophene rings is 1. The second-order valence-corrected chi connectivity index (χ2v) is 5.37. The summed E-state index contributed by atoms with van der Waals surface area (Å²) in [5.41, 5.74) is 0.791. The summed E-state index contributed by atoms with van der Waals surface area (Å²) in [5.74, 6) is 1.43. The Kier molecular flexibility index (Phi) is 2.97. The lowest BCUT2D eigenvalue weighted by Crippen LogP contribution is -2.01. The van der Waals surface area contributed by atoms with E-state index in [1.807, 2.05) is 26.1 Å². The molecule has 2 aromatic heterocycles. The van der Waals surface area contributed by atoms with Gasteiger partial charge in [-0.25, -0.2) is 4.98 Å². The van der Waals surface area contributed by atoms with E-state index in [1.54, 1.807) is 11.3 Å². The Bertz CT molecular complexity index is 483. The van der Waals surface area contributed by atoms with Gasteiger partial charge in [0.1, 0.15) is 11.5 Å². The summed E-state index contributed by atoms with van der Waals surface area (Å²) < 4.78 is 1.07. The third-order valence-electron chi connectivity index (χ3n) is 1.84. The van der Waals surface area contributed by atoms with E-state index in [0.717, 1.165) is 20.2 Å². The average Bonchev–Trinajstić information content (AvgIpc) is 2.64. The molecule has 2 aromatic rings. The minimum atomic E-state index is 0.665. The van der Waals surface area contributed by atoms with Crippen LogP contribution in [0.25, 0.3) is 10.6 Å². The van der Waals surface area contributed by atoms with Crippen molar-refractivity contribution in [3.05, 3.63) is 21.7 Å². The van der Waals surface area contributed by atoms with Crippen molar-refractivity contribution >= 4 is 33.1 Å². The molecule has 0 spiro atoms. The van der Waals surface area contributed by atoms with Gasteiger partial charge in [0.05, 0.1) is 8.66 Å². The maximum Gasteiger partial charge on any atom is 0.157 e. The Morgan fingerprint density at radius 2 is 2.13 bits per heavy atom. The molecule has 0 aromatic carbocycles. The van der Waals surface area contributed by atoms with Crippen LogP contribution < -0.4 is 5.32 Å². The smallest absolute Gasteiger partial charge is 0.157 e. The highest BCUT2D eigenvalue weighted by atomic mass is 79.9. The molecule has 2 heterocycles. The summed E-state index contributed by atoms with van der Waals surface area (Å²) in [5, 5.41) is 11.1. The lowest BCUT2D eigenvalue weighted by Gasteiger charge is -2.04. The molecule has 0 aliphatic heterocycles. The van der Waals surface area contributed by atoms with Crippen LogP contribution >= 0.6 is 27.3 Å². The van der Waals surface area contributed by atoms with Crippen molar-refractivity contribution < 1.29 is 0 Å². The Morgan fingerprint density at radius 3 is 2.73 bits per heavy atom. The van der Waals surface area contributed by atoms with Gasteiger partial charge in [-0.05, 0) is 35.0 Å². The number of hydrogen-bond acceptors (Lipinski definition) is 5. The topological polar surface area (TPSA) is 50.7 Å². The van der Waals surface area contributed by atoms with Crippen LogP contribution in [0, 0.1) is 6.92 Å². The Morgan fingerprint density at radius 1 is 1.33 bits per heavy atom. The number of nitrogens with zero attached hydrogens (tertiary/aromatic N) is 3. The summed E-state index contributed by atoms with van der Waals surface area (Å²) in [6.45, 7) is 1.82. The van der Waals surface area contributed by atoms with Crippen LogP contribution in [0.15, 0.2) is 15.9 Å². The SMILES string of the molecule is CNc1nc(C)nnc1-c1ccc(Br)s1. The number of hydrogen-bond donors (Lipinski definition) is 1. The average molecular weight is 285 g/mol. The van der Waals surface area contributed by atoms with Crippen molar-refractivity contribution in [2.24, 2.45) is 0 Å². The van der Waals surface area contributed by atoms with Crippen molar-refractivity contribution in [1.29, 1.82) is 0 Å². The van der Waals surface area contributed by atoms with Crippen LogP contribution in [-0.4, -0.2) is 22.2 Å². The highest BCUT2D eigenvalue weighted by molar-refractivity contribution is 9.11. The summed E-state index contributed by atoms with van der Waals surface area (Å²) >= 11 is 5.03. The second-order valence-electron chi connectivity index (χ2n) is 2.91. The zero-order chi connectivity index (χ0) is 10.8. The van der Waals surface area contributed by atoms with E-state index in [9.17, 15) is 0 Å². The lowest BCUT2D eigenvalue weighted by molar-refractivity contribution is 0.918. The zero-order valence-electron chi connectivity index (χ0n) is 8.28. The molecule has 0 bridgehead atoms. The van der Waals surface area contributed by atoms with Gasteiger partial charge in [0, 0.05) is 7.05 Å². The summed E-state index contributed by atoms with van der Waals surface area (Å²) in [4.78, 5) is 5.33. The van der Waals surface area contributed by atoms with Crippen molar-refractivity contribution in [3.8, 4) is 10.6 Å². The molecule has 0 atom stereocenters. The quantitative estimate of drug-likeness (QED) is 0.921. The molecule has 0 unspecified atom stereocenters. The first-order valence-electron chi connectivity index (χ1n) is 4.35. The van der Waals surface area contributed by atoms with Crippen LogP contribution in [0.5, 0.6) is 0 Å². The van der Waals surface area contributed by atoms with E-state index in [0.29, 0.717) is 5.82 Å². The maximum absolute atomic E-state index is 4.28. The minimum absolute atomic E-state index is 0.665. The van der Waals surface area contributed by atoms with Gasteiger partial charge in [0.25, 0.3) is 0 Å². The summed E-state index contributed by atoms with van der Waals surface area (Å²) in [7, 11) is 1.83. The number of aryl methyl sites for hydroxylation is 1. The lowest BCUT2D eigenvalue weighted by atomic mass is 10.3. The molecule has 1 N–H and O–H groups in total. The van der Waals surface area contributed by atoms with E-state index < -0.39 is 0 Å². The van der Waals surface area contributed by atoms with Crippen molar-refractivity contribution in [2.75, 3.05) is 12.4 Å². The fraction of sp³-hybridized carbons (Fsp3) is 0.222. The van der Waals surface area contributed by atoms with E-state index in [4.69, 9.17) is 0 Å². The minimum Gasteiger partial charge on any atom is -0.371 e.